The predicted octanol–water partition coefficient (Wildman–Crippen LogP) is 3.85. The summed E-state index contributed by atoms with van der Waals surface area (Å²) in [5.74, 6) is -1.16. The van der Waals surface area contributed by atoms with Crippen molar-refractivity contribution >= 4 is 48.3 Å². The Morgan fingerprint density at radius 2 is 1.67 bits per heavy atom. The molecule has 0 bridgehead atoms. The number of nitriles is 1. The molecule has 0 radical (unpaired) electrons. The smallest absolute Gasteiger partial charge is 0.338 e. The molecule has 0 aromatic heterocycles. The van der Waals surface area contributed by atoms with E-state index in [0.717, 1.165) is 26.7 Å². The van der Waals surface area contributed by atoms with E-state index in [4.69, 9.17) is 5.26 Å². The highest BCUT2D eigenvalue weighted by molar-refractivity contribution is 9.16. The molecule has 0 amide bonds. The van der Waals surface area contributed by atoms with E-state index in [1.807, 2.05) is 36.4 Å². The molecule has 106 valence electrons. The lowest BCUT2D eigenvalue weighted by atomic mass is 10.2. The summed E-state index contributed by atoms with van der Waals surface area (Å²) in [5, 5.41) is 8.37. The number of halogens is 2. The molecule has 0 N–H and O–H groups in total. The fraction of sp³-hybridized carbons (Fsp3) is 0. The molecule has 0 aliphatic carbocycles. The number of carbonyl (C=O) groups is 2. The van der Waals surface area contributed by atoms with Gasteiger partial charge in [-0.25, -0.2) is 9.59 Å². The Morgan fingerprint density at radius 1 is 1.10 bits per heavy atom. The van der Waals surface area contributed by atoms with Gasteiger partial charge < -0.3 is 4.74 Å². The maximum Gasteiger partial charge on any atom is 0.338 e. The van der Waals surface area contributed by atoms with Crippen LogP contribution in [0.15, 0.2) is 59.1 Å². The summed E-state index contributed by atoms with van der Waals surface area (Å²) in [6.45, 7) is 0. The molecule has 0 spiro atoms. The van der Waals surface area contributed by atoms with E-state index in [1.165, 1.54) is 6.08 Å². The van der Waals surface area contributed by atoms with Crippen LogP contribution in [0.2, 0.25) is 0 Å². The molecule has 1 aromatic rings. The van der Waals surface area contributed by atoms with Crippen LogP contribution in [0, 0.1) is 11.3 Å². The second-order valence-electron chi connectivity index (χ2n) is 3.56. The van der Waals surface area contributed by atoms with Crippen molar-refractivity contribution in [1.82, 2.24) is 0 Å². The van der Waals surface area contributed by atoms with E-state index in [2.05, 4.69) is 36.6 Å². The molecule has 4 nitrogen and oxygen atoms in total. The van der Waals surface area contributed by atoms with Crippen LogP contribution in [0.1, 0.15) is 5.56 Å². The number of allylic oxidation sites excluding steroid dienone is 3. The molecular weight excluding hydrogens is 402 g/mol. The van der Waals surface area contributed by atoms with Gasteiger partial charge in [0.2, 0.25) is 0 Å². The third kappa shape index (κ3) is 6.34. The van der Waals surface area contributed by atoms with Crippen LogP contribution in [0.4, 0.5) is 0 Å². The Balaban J connectivity index is 0.000000262. The number of ether oxygens (including phenoxy) is 1. The fourth-order valence-corrected chi connectivity index (χ4v) is 1.97. The maximum absolute atomic E-state index is 9.92. The normalized spacial score (nSPS) is 14.1. The first-order valence-electron chi connectivity index (χ1n) is 5.65. The monoisotopic (exact) mass is 409 g/mol. The first kappa shape index (κ1) is 17.1. The van der Waals surface area contributed by atoms with Crippen LogP contribution in [0.25, 0.3) is 4.48 Å². The van der Waals surface area contributed by atoms with Crippen molar-refractivity contribution in [3.05, 3.63) is 64.7 Å². The fourth-order valence-electron chi connectivity index (χ4n) is 1.21. The largest absolute Gasteiger partial charge is 0.387 e. The summed E-state index contributed by atoms with van der Waals surface area (Å²) in [4.78, 5) is 19.8. The topological polar surface area (TPSA) is 67.2 Å². The molecule has 6 heteroatoms. The molecule has 0 saturated carbocycles. The summed E-state index contributed by atoms with van der Waals surface area (Å²) in [6.07, 6.45) is 5.30. The van der Waals surface area contributed by atoms with Gasteiger partial charge in [-0.3, -0.25) is 0 Å². The maximum atomic E-state index is 9.92. The molecular formula is C15H9Br2NO3. The summed E-state index contributed by atoms with van der Waals surface area (Å²) < 4.78 is 5.76. The van der Waals surface area contributed by atoms with Gasteiger partial charge in [-0.05, 0) is 43.5 Å². The lowest BCUT2D eigenvalue weighted by Gasteiger charge is -1.99. The Bertz CT molecular complexity index is 639. The van der Waals surface area contributed by atoms with Crippen molar-refractivity contribution in [2.24, 2.45) is 0 Å². The van der Waals surface area contributed by atoms with Crippen LogP contribution in [0.5, 0.6) is 0 Å². The van der Waals surface area contributed by atoms with Crippen LogP contribution < -0.4 is 0 Å². The predicted molar refractivity (Wildman–Crippen MR) is 86.2 cm³/mol. The summed E-state index contributed by atoms with van der Waals surface area (Å²) in [5.41, 5.74) is 1.07. The van der Waals surface area contributed by atoms with E-state index in [0.29, 0.717) is 0 Å². The number of rotatable bonds is 2. The Labute approximate surface area is 138 Å². The Kier molecular flexibility index (Phi) is 7.37. The molecule has 21 heavy (non-hydrogen) atoms. The summed E-state index contributed by atoms with van der Waals surface area (Å²) in [6, 6.07) is 11.8. The molecule has 1 aliphatic heterocycles. The van der Waals surface area contributed by atoms with Gasteiger partial charge in [0.15, 0.2) is 0 Å². The van der Waals surface area contributed by atoms with E-state index in [-0.39, 0.29) is 0 Å². The van der Waals surface area contributed by atoms with E-state index >= 15 is 0 Å². The lowest BCUT2D eigenvalue weighted by Crippen LogP contribution is -1.96. The third-order valence-corrected chi connectivity index (χ3v) is 4.18. The van der Waals surface area contributed by atoms with Gasteiger partial charge >= 0.3 is 11.9 Å². The number of hydrogen-bond acceptors (Lipinski definition) is 4. The van der Waals surface area contributed by atoms with Crippen LogP contribution in [0.3, 0.4) is 0 Å². The van der Waals surface area contributed by atoms with Gasteiger partial charge in [0.1, 0.15) is 0 Å². The van der Waals surface area contributed by atoms with Gasteiger partial charge in [-0.1, -0.05) is 30.3 Å². The zero-order valence-corrected chi connectivity index (χ0v) is 13.8. The number of cyclic esters (lactones) is 2. The Hall–Kier alpha value is -1.97. The van der Waals surface area contributed by atoms with Crippen molar-refractivity contribution in [3.8, 4) is 6.07 Å². The molecule has 1 heterocycles. The van der Waals surface area contributed by atoms with Crippen molar-refractivity contribution in [2.45, 2.75) is 0 Å². The molecule has 1 aliphatic rings. The van der Waals surface area contributed by atoms with E-state index in [9.17, 15) is 9.59 Å². The number of hydrogen-bond donors (Lipinski definition) is 0. The zero-order chi connectivity index (χ0) is 15.7. The van der Waals surface area contributed by atoms with E-state index in [1.54, 1.807) is 6.08 Å². The zero-order valence-electron chi connectivity index (χ0n) is 10.6. The molecule has 0 fully saturated rings. The molecule has 1 aromatic carbocycles. The minimum absolute atomic E-state index is 0.579. The standard InChI is InChI=1S/C11H7Br2N.C4H2O3/c12-10(7-4-8-14)11(13)9-5-2-1-3-6-9;5-3-1-2-4(6)7-3/h1-7H;1-2H. The third-order valence-electron chi connectivity index (χ3n) is 2.10. The highest BCUT2D eigenvalue weighted by Crippen LogP contribution is 2.28. The quantitative estimate of drug-likeness (QED) is 0.321. The van der Waals surface area contributed by atoms with Gasteiger partial charge in [0.25, 0.3) is 0 Å². The van der Waals surface area contributed by atoms with Crippen LogP contribution >= 0.6 is 31.9 Å². The van der Waals surface area contributed by atoms with Gasteiger partial charge in [0.05, 0.1) is 6.07 Å². The lowest BCUT2D eigenvalue weighted by molar-refractivity contribution is -0.150. The first-order chi connectivity index (χ1) is 10.0. The Morgan fingerprint density at radius 3 is 2.10 bits per heavy atom. The van der Waals surface area contributed by atoms with Crippen molar-refractivity contribution in [2.75, 3.05) is 0 Å². The van der Waals surface area contributed by atoms with Crippen molar-refractivity contribution in [3.63, 3.8) is 0 Å². The van der Waals surface area contributed by atoms with Gasteiger partial charge in [0, 0.05) is 27.2 Å². The number of benzene rings is 1. The van der Waals surface area contributed by atoms with Crippen LogP contribution in [-0.4, -0.2) is 11.9 Å². The molecule has 0 atom stereocenters. The molecule has 0 saturated heterocycles. The number of esters is 2. The van der Waals surface area contributed by atoms with Crippen molar-refractivity contribution < 1.29 is 14.3 Å². The van der Waals surface area contributed by atoms with E-state index < -0.39 is 11.9 Å². The number of carbonyl (C=O) groups excluding carboxylic acids is 2. The average Bonchev–Trinajstić information content (AvgIpc) is 2.88. The molecule has 0 unspecified atom stereocenters. The number of nitrogens with zero attached hydrogens (tertiary/aromatic N) is 1. The summed E-state index contributed by atoms with van der Waals surface area (Å²) in [7, 11) is 0. The highest BCUT2D eigenvalue weighted by Gasteiger charge is 2.10. The van der Waals surface area contributed by atoms with Gasteiger partial charge in [-0.2, -0.15) is 5.26 Å². The van der Waals surface area contributed by atoms with Crippen molar-refractivity contribution in [1.29, 1.82) is 5.26 Å². The average molecular weight is 411 g/mol. The minimum Gasteiger partial charge on any atom is -0.387 e. The van der Waals surface area contributed by atoms with Crippen LogP contribution in [-0.2, 0) is 14.3 Å². The highest BCUT2D eigenvalue weighted by atomic mass is 79.9. The molecule has 2 rings (SSSR count). The second-order valence-corrected chi connectivity index (χ2v) is 5.21. The SMILES string of the molecule is N#CC=CC(Br)=C(Br)c1ccccc1.O=C1C=CC(=O)O1. The van der Waals surface area contributed by atoms with Gasteiger partial charge in [-0.15, -0.1) is 0 Å². The first-order valence-corrected chi connectivity index (χ1v) is 7.24. The second kappa shape index (κ2) is 9.06. The summed E-state index contributed by atoms with van der Waals surface area (Å²) >= 11 is 6.83. The minimum atomic E-state index is -0.579.